The first-order chi connectivity index (χ1) is 14.5. The zero-order valence-corrected chi connectivity index (χ0v) is 17.2. The third-order valence-corrected chi connectivity index (χ3v) is 5.55. The average molecular weight is 399 g/mol. The Hall–Kier alpha value is -3.21. The van der Waals surface area contributed by atoms with Crippen LogP contribution in [-0.2, 0) is 0 Å². The predicted molar refractivity (Wildman–Crippen MR) is 121 cm³/mol. The van der Waals surface area contributed by atoms with Crippen molar-refractivity contribution in [3.05, 3.63) is 107 Å². The summed E-state index contributed by atoms with van der Waals surface area (Å²) in [5.41, 5.74) is 12.1. The molecule has 1 heterocycles. The molecule has 0 fully saturated rings. The summed E-state index contributed by atoms with van der Waals surface area (Å²) in [6.45, 7) is 4.30. The number of nitrogens with two attached hydrogens (primary N) is 1. The number of aryl methyl sites for hydroxylation is 2. The first-order valence-corrected chi connectivity index (χ1v) is 10.1. The van der Waals surface area contributed by atoms with Gasteiger partial charge < -0.3 is 10.8 Å². The summed E-state index contributed by atoms with van der Waals surface area (Å²) in [5.74, 6) is -0.137. The quantitative estimate of drug-likeness (QED) is 0.684. The zero-order chi connectivity index (χ0) is 21.3. The molecule has 0 saturated carbocycles. The number of fused-ring (bicyclic) bond motifs is 1. The van der Waals surface area contributed by atoms with Gasteiger partial charge in [0.1, 0.15) is 6.10 Å². The van der Waals surface area contributed by atoms with Crippen molar-refractivity contribution in [1.29, 1.82) is 0 Å². The molecule has 0 saturated heterocycles. The molecule has 4 nitrogen and oxygen atoms in total. The molecule has 0 spiro atoms. The number of amides is 1. The molecule has 2 atom stereocenters. The van der Waals surface area contributed by atoms with Gasteiger partial charge in [0.25, 0.3) is 5.91 Å². The fourth-order valence-corrected chi connectivity index (χ4v) is 4.23. The summed E-state index contributed by atoms with van der Waals surface area (Å²) in [6.07, 6.45) is 1.05. The van der Waals surface area contributed by atoms with Crippen LogP contribution in [0.4, 0.5) is 5.69 Å². The third-order valence-electron chi connectivity index (χ3n) is 5.55. The van der Waals surface area contributed by atoms with Crippen LogP contribution >= 0.6 is 0 Å². The van der Waals surface area contributed by atoms with E-state index in [-0.39, 0.29) is 5.91 Å². The SMILES string of the molecule is Cc1cc(C)cc(C(=O)N2c3ccccc3C(CN)=CC2C(O)c2ccccc2)c1. The maximum absolute atomic E-state index is 13.8. The summed E-state index contributed by atoms with van der Waals surface area (Å²) in [7, 11) is 0. The van der Waals surface area contributed by atoms with Crippen molar-refractivity contribution >= 4 is 17.2 Å². The van der Waals surface area contributed by atoms with Gasteiger partial charge in [0.2, 0.25) is 0 Å². The monoisotopic (exact) mass is 398 g/mol. The van der Waals surface area contributed by atoms with E-state index in [9.17, 15) is 9.90 Å². The molecular weight excluding hydrogens is 372 g/mol. The van der Waals surface area contributed by atoms with Crippen LogP contribution in [0, 0.1) is 13.8 Å². The molecule has 1 amide bonds. The van der Waals surface area contributed by atoms with Crippen LogP contribution in [0.2, 0.25) is 0 Å². The largest absolute Gasteiger partial charge is 0.386 e. The van der Waals surface area contributed by atoms with E-state index in [1.54, 1.807) is 4.90 Å². The lowest BCUT2D eigenvalue weighted by Crippen LogP contribution is -2.45. The van der Waals surface area contributed by atoms with Crippen molar-refractivity contribution in [2.45, 2.75) is 26.0 Å². The molecule has 4 heteroatoms. The summed E-state index contributed by atoms with van der Waals surface area (Å²) in [4.78, 5) is 15.5. The summed E-state index contributed by atoms with van der Waals surface area (Å²) in [5, 5.41) is 11.3. The number of carbonyl (C=O) groups is 1. The Morgan fingerprint density at radius 2 is 1.63 bits per heavy atom. The van der Waals surface area contributed by atoms with Crippen molar-refractivity contribution in [1.82, 2.24) is 0 Å². The van der Waals surface area contributed by atoms with Gasteiger partial charge in [0, 0.05) is 17.7 Å². The Morgan fingerprint density at radius 3 is 2.30 bits per heavy atom. The number of nitrogens with zero attached hydrogens (tertiary/aromatic N) is 1. The second-order valence-corrected chi connectivity index (χ2v) is 7.81. The number of carbonyl (C=O) groups excluding carboxylic acids is 1. The highest BCUT2D eigenvalue weighted by Crippen LogP contribution is 2.38. The lowest BCUT2D eigenvalue weighted by atomic mass is 9.89. The smallest absolute Gasteiger partial charge is 0.258 e. The highest BCUT2D eigenvalue weighted by Gasteiger charge is 2.36. The molecule has 0 aromatic heterocycles. The number of aliphatic hydroxyl groups is 1. The van der Waals surface area contributed by atoms with E-state index in [4.69, 9.17) is 5.73 Å². The normalized spacial score (nSPS) is 16.6. The molecule has 152 valence electrons. The van der Waals surface area contributed by atoms with E-state index < -0.39 is 12.1 Å². The van der Waals surface area contributed by atoms with Crippen LogP contribution in [-0.4, -0.2) is 23.6 Å². The highest BCUT2D eigenvalue weighted by atomic mass is 16.3. The van der Waals surface area contributed by atoms with E-state index in [2.05, 4.69) is 0 Å². The molecule has 3 N–H and O–H groups in total. The lowest BCUT2D eigenvalue weighted by molar-refractivity contribution is 0.0935. The van der Waals surface area contributed by atoms with Crippen molar-refractivity contribution in [2.24, 2.45) is 5.73 Å². The number of para-hydroxylation sites is 1. The van der Waals surface area contributed by atoms with Gasteiger partial charge >= 0.3 is 0 Å². The van der Waals surface area contributed by atoms with Gasteiger partial charge in [-0.1, -0.05) is 71.8 Å². The zero-order valence-electron chi connectivity index (χ0n) is 17.2. The standard InChI is InChI=1S/C26H26N2O2/c1-17-12-18(2)14-20(13-17)26(30)28-23-11-7-6-10-22(23)21(16-27)15-24(28)25(29)19-8-4-3-5-9-19/h3-15,24-25,29H,16,27H2,1-2H3. The Morgan fingerprint density at radius 1 is 1.00 bits per heavy atom. The maximum Gasteiger partial charge on any atom is 0.258 e. The van der Waals surface area contributed by atoms with E-state index in [0.29, 0.717) is 12.1 Å². The summed E-state index contributed by atoms with van der Waals surface area (Å²) < 4.78 is 0. The van der Waals surface area contributed by atoms with Crippen molar-refractivity contribution in [3.8, 4) is 0 Å². The molecule has 0 radical (unpaired) electrons. The first kappa shape index (κ1) is 20.1. The molecule has 30 heavy (non-hydrogen) atoms. The molecular formula is C26H26N2O2. The van der Waals surface area contributed by atoms with Gasteiger partial charge in [-0.25, -0.2) is 0 Å². The second-order valence-electron chi connectivity index (χ2n) is 7.81. The van der Waals surface area contributed by atoms with Crippen LogP contribution in [0.1, 0.15) is 38.7 Å². The predicted octanol–water partition coefficient (Wildman–Crippen LogP) is 4.41. The molecule has 2 unspecified atom stereocenters. The molecule has 0 bridgehead atoms. The van der Waals surface area contributed by atoms with Gasteiger partial charge in [0.05, 0.1) is 11.7 Å². The van der Waals surface area contributed by atoms with Gasteiger partial charge in [-0.15, -0.1) is 0 Å². The van der Waals surface area contributed by atoms with Gasteiger partial charge in [-0.05, 0) is 43.2 Å². The number of hydrogen-bond acceptors (Lipinski definition) is 3. The minimum Gasteiger partial charge on any atom is -0.386 e. The summed E-state index contributed by atoms with van der Waals surface area (Å²) >= 11 is 0. The second kappa shape index (κ2) is 8.27. The minimum atomic E-state index is -0.879. The van der Waals surface area contributed by atoms with Gasteiger partial charge in [-0.2, -0.15) is 0 Å². The number of anilines is 1. The summed E-state index contributed by atoms with van der Waals surface area (Å²) in [6, 6.07) is 22.5. The van der Waals surface area contributed by atoms with E-state index in [0.717, 1.165) is 33.5 Å². The fourth-order valence-electron chi connectivity index (χ4n) is 4.23. The topological polar surface area (TPSA) is 66.6 Å². The number of rotatable bonds is 4. The van der Waals surface area contributed by atoms with E-state index in [1.165, 1.54) is 0 Å². The minimum absolute atomic E-state index is 0.137. The van der Waals surface area contributed by atoms with Crippen molar-refractivity contribution in [3.63, 3.8) is 0 Å². The lowest BCUT2D eigenvalue weighted by Gasteiger charge is -2.38. The molecule has 1 aliphatic rings. The third kappa shape index (κ3) is 3.67. The van der Waals surface area contributed by atoms with Crippen LogP contribution in [0.3, 0.4) is 0 Å². The maximum atomic E-state index is 13.8. The van der Waals surface area contributed by atoms with Crippen LogP contribution < -0.4 is 10.6 Å². The molecule has 0 aliphatic carbocycles. The van der Waals surface area contributed by atoms with Crippen LogP contribution in [0.15, 0.2) is 78.9 Å². The Balaban J connectivity index is 1.87. The Labute approximate surface area is 177 Å². The molecule has 4 rings (SSSR count). The average Bonchev–Trinajstić information content (AvgIpc) is 2.77. The Bertz CT molecular complexity index is 1080. The van der Waals surface area contributed by atoms with Gasteiger partial charge in [-0.3, -0.25) is 9.69 Å². The Kier molecular flexibility index (Phi) is 5.53. The number of benzene rings is 3. The van der Waals surface area contributed by atoms with Crippen LogP contribution in [0.5, 0.6) is 0 Å². The number of hydrogen-bond donors (Lipinski definition) is 2. The molecule has 3 aromatic rings. The fraction of sp³-hybridized carbons (Fsp3) is 0.192. The van der Waals surface area contributed by atoms with E-state index >= 15 is 0 Å². The van der Waals surface area contributed by atoms with Crippen molar-refractivity contribution in [2.75, 3.05) is 11.4 Å². The van der Waals surface area contributed by atoms with Crippen molar-refractivity contribution < 1.29 is 9.90 Å². The number of aliphatic hydroxyl groups excluding tert-OH is 1. The van der Waals surface area contributed by atoms with Gasteiger partial charge in [0.15, 0.2) is 0 Å². The first-order valence-electron chi connectivity index (χ1n) is 10.1. The molecule has 1 aliphatic heterocycles. The van der Waals surface area contributed by atoms with E-state index in [1.807, 2.05) is 92.7 Å². The van der Waals surface area contributed by atoms with Crippen LogP contribution in [0.25, 0.3) is 5.57 Å². The molecule has 3 aromatic carbocycles. The highest BCUT2D eigenvalue weighted by molar-refractivity contribution is 6.09.